The lowest BCUT2D eigenvalue weighted by Crippen LogP contribution is -2.01. The van der Waals surface area contributed by atoms with Gasteiger partial charge in [-0.1, -0.05) is 24.3 Å². The van der Waals surface area contributed by atoms with Gasteiger partial charge in [-0.2, -0.15) is 0 Å². The maximum absolute atomic E-state index is 11.2. The molecule has 0 saturated carbocycles. The molecule has 0 aromatic heterocycles. The topological polar surface area (TPSA) is 46.5 Å². The van der Waals surface area contributed by atoms with E-state index in [9.17, 15) is 4.79 Å². The molecular formula is C16H16O3S. The van der Waals surface area contributed by atoms with Gasteiger partial charge in [0.05, 0.1) is 7.11 Å². The van der Waals surface area contributed by atoms with Crippen molar-refractivity contribution in [3.05, 3.63) is 59.2 Å². The van der Waals surface area contributed by atoms with Crippen LogP contribution in [0.15, 0.2) is 47.4 Å². The molecule has 0 fully saturated rings. The van der Waals surface area contributed by atoms with Gasteiger partial charge >= 0.3 is 5.97 Å². The number of rotatable bonds is 5. The molecule has 0 radical (unpaired) electrons. The van der Waals surface area contributed by atoms with E-state index in [0.29, 0.717) is 5.75 Å². The van der Waals surface area contributed by atoms with Crippen molar-refractivity contribution < 1.29 is 14.6 Å². The standard InChI is InChI=1S/C16H16O3S/c1-11-5-3-4-6-15(11)20-10-12-7-8-14(19-2)13(9-12)16(17)18/h3-9H,10H2,1-2H3,(H,17,18). The maximum atomic E-state index is 11.2. The van der Waals surface area contributed by atoms with E-state index < -0.39 is 5.97 Å². The van der Waals surface area contributed by atoms with E-state index in [2.05, 4.69) is 19.1 Å². The lowest BCUT2D eigenvalue weighted by atomic mass is 10.1. The predicted octanol–water partition coefficient (Wildman–Crippen LogP) is 3.99. The van der Waals surface area contributed by atoms with Gasteiger partial charge in [0.1, 0.15) is 11.3 Å². The van der Waals surface area contributed by atoms with Gasteiger partial charge in [0.15, 0.2) is 0 Å². The van der Waals surface area contributed by atoms with E-state index in [1.165, 1.54) is 17.6 Å². The zero-order valence-corrected chi connectivity index (χ0v) is 12.2. The highest BCUT2D eigenvalue weighted by Gasteiger charge is 2.11. The summed E-state index contributed by atoms with van der Waals surface area (Å²) < 4.78 is 5.06. The third-order valence-electron chi connectivity index (χ3n) is 2.98. The molecular weight excluding hydrogens is 272 g/mol. The average Bonchev–Trinajstić information content (AvgIpc) is 2.46. The van der Waals surface area contributed by atoms with Crippen molar-refractivity contribution in [3.63, 3.8) is 0 Å². The van der Waals surface area contributed by atoms with Crippen LogP contribution in [0.1, 0.15) is 21.5 Å². The lowest BCUT2D eigenvalue weighted by molar-refractivity contribution is 0.0693. The number of aromatic carboxylic acids is 1. The molecule has 2 rings (SSSR count). The van der Waals surface area contributed by atoms with Crippen molar-refractivity contribution >= 4 is 17.7 Å². The number of benzene rings is 2. The quantitative estimate of drug-likeness (QED) is 0.845. The van der Waals surface area contributed by atoms with Crippen LogP contribution < -0.4 is 4.74 Å². The van der Waals surface area contributed by atoms with Gasteiger partial charge in [-0.25, -0.2) is 4.79 Å². The Morgan fingerprint density at radius 1 is 1.25 bits per heavy atom. The highest BCUT2D eigenvalue weighted by Crippen LogP contribution is 2.28. The normalized spacial score (nSPS) is 10.3. The summed E-state index contributed by atoms with van der Waals surface area (Å²) in [5, 5.41) is 9.16. The van der Waals surface area contributed by atoms with E-state index in [0.717, 1.165) is 11.3 Å². The van der Waals surface area contributed by atoms with Crippen molar-refractivity contribution in [1.82, 2.24) is 0 Å². The Hall–Kier alpha value is -1.94. The zero-order chi connectivity index (χ0) is 14.5. The second-order valence-electron chi connectivity index (χ2n) is 4.39. The lowest BCUT2D eigenvalue weighted by Gasteiger charge is -2.08. The van der Waals surface area contributed by atoms with Crippen molar-refractivity contribution in [1.29, 1.82) is 0 Å². The number of methoxy groups -OCH3 is 1. The van der Waals surface area contributed by atoms with Crippen molar-refractivity contribution in [3.8, 4) is 5.75 Å². The molecule has 0 spiro atoms. The van der Waals surface area contributed by atoms with E-state index in [4.69, 9.17) is 9.84 Å². The molecule has 0 bridgehead atoms. The minimum absolute atomic E-state index is 0.204. The SMILES string of the molecule is COc1ccc(CSc2ccccc2C)cc1C(=O)O. The minimum atomic E-state index is -0.968. The summed E-state index contributed by atoms with van der Waals surface area (Å²) >= 11 is 1.70. The molecule has 0 unspecified atom stereocenters. The summed E-state index contributed by atoms with van der Waals surface area (Å²) in [6.07, 6.45) is 0. The molecule has 0 aliphatic carbocycles. The Kier molecular flexibility index (Phi) is 4.69. The van der Waals surface area contributed by atoms with Gasteiger partial charge < -0.3 is 9.84 Å². The Balaban J connectivity index is 2.16. The highest BCUT2D eigenvalue weighted by molar-refractivity contribution is 7.98. The Bertz CT molecular complexity index is 623. The molecule has 0 heterocycles. The van der Waals surface area contributed by atoms with Gasteiger partial charge in [-0.3, -0.25) is 0 Å². The number of ether oxygens (including phenoxy) is 1. The van der Waals surface area contributed by atoms with Crippen LogP contribution in [-0.4, -0.2) is 18.2 Å². The third-order valence-corrected chi connectivity index (χ3v) is 4.23. The van der Waals surface area contributed by atoms with Crippen molar-refractivity contribution in [2.45, 2.75) is 17.6 Å². The monoisotopic (exact) mass is 288 g/mol. The number of carbonyl (C=O) groups is 1. The van der Waals surface area contributed by atoms with Crippen molar-refractivity contribution in [2.75, 3.05) is 7.11 Å². The minimum Gasteiger partial charge on any atom is -0.496 e. The fourth-order valence-corrected chi connectivity index (χ4v) is 2.86. The number of carboxylic acids is 1. The van der Waals surface area contributed by atoms with Crippen LogP contribution in [0.3, 0.4) is 0 Å². The number of aryl methyl sites for hydroxylation is 1. The molecule has 0 atom stereocenters. The summed E-state index contributed by atoms with van der Waals surface area (Å²) in [6.45, 7) is 2.07. The van der Waals surface area contributed by atoms with Crippen LogP contribution >= 0.6 is 11.8 Å². The number of carboxylic acid groups (broad SMARTS) is 1. The van der Waals surface area contributed by atoms with E-state index in [-0.39, 0.29) is 5.56 Å². The van der Waals surface area contributed by atoms with Gasteiger partial charge in [0, 0.05) is 10.6 Å². The summed E-state index contributed by atoms with van der Waals surface area (Å²) in [6, 6.07) is 13.4. The van der Waals surface area contributed by atoms with E-state index in [1.54, 1.807) is 23.9 Å². The Morgan fingerprint density at radius 2 is 2.00 bits per heavy atom. The molecule has 0 aliphatic heterocycles. The molecule has 104 valence electrons. The maximum Gasteiger partial charge on any atom is 0.339 e. The Morgan fingerprint density at radius 3 is 2.65 bits per heavy atom. The van der Waals surface area contributed by atoms with Crippen molar-refractivity contribution in [2.24, 2.45) is 0 Å². The molecule has 2 aromatic carbocycles. The van der Waals surface area contributed by atoms with E-state index >= 15 is 0 Å². The predicted molar refractivity (Wildman–Crippen MR) is 80.7 cm³/mol. The summed E-state index contributed by atoms with van der Waals surface area (Å²) in [5.74, 6) is 0.154. The average molecular weight is 288 g/mol. The summed E-state index contributed by atoms with van der Waals surface area (Å²) in [5.41, 5.74) is 2.40. The first kappa shape index (κ1) is 14.5. The molecule has 0 aliphatic rings. The summed E-state index contributed by atoms with van der Waals surface area (Å²) in [4.78, 5) is 12.4. The second-order valence-corrected chi connectivity index (χ2v) is 5.41. The second kappa shape index (κ2) is 6.48. The fraction of sp³-hybridized carbons (Fsp3) is 0.188. The first-order chi connectivity index (χ1) is 9.61. The van der Waals surface area contributed by atoms with Crippen LogP contribution in [0.4, 0.5) is 0 Å². The van der Waals surface area contributed by atoms with Crippen LogP contribution in [0.25, 0.3) is 0 Å². The smallest absolute Gasteiger partial charge is 0.339 e. The molecule has 0 amide bonds. The van der Waals surface area contributed by atoms with Crippen LogP contribution in [0, 0.1) is 6.92 Å². The highest BCUT2D eigenvalue weighted by atomic mass is 32.2. The first-order valence-corrected chi connectivity index (χ1v) is 7.19. The van der Waals surface area contributed by atoms with Crippen LogP contribution in [0.2, 0.25) is 0 Å². The summed E-state index contributed by atoms with van der Waals surface area (Å²) in [7, 11) is 1.48. The largest absolute Gasteiger partial charge is 0.496 e. The van der Waals surface area contributed by atoms with E-state index in [1.807, 2.05) is 18.2 Å². The molecule has 2 aromatic rings. The third kappa shape index (κ3) is 3.33. The molecule has 4 heteroatoms. The van der Waals surface area contributed by atoms with Gasteiger partial charge in [0.25, 0.3) is 0 Å². The van der Waals surface area contributed by atoms with Gasteiger partial charge in [-0.15, -0.1) is 11.8 Å². The van der Waals surface area contributed by atoms with Gasteiger partial charge in [0.2, 0.25) is 0 Å². The molecule has 0 saturated heterocycles. The first-order valence-electron chi connectivity index (χ1n) is 6.20. The molecule has 1 N–H and O–H groups in total. The van der Waals surface area contributed by atoms with Crippen LogP contribution in [-0.2, 0) is 5.75 Å². The number of thioether (sulfide) groups is 1. The fourth-order valence-electron chi connectivity index (χ4n) is 1.89. The zero-order valence-electron chi connectivity index (χ0n) is 11.4. The Labute approximate surface area is 122 Å². The molecule has 20 heavy (non-hydrogen) atoms. The number of hydrogen-bond acceptors (Lipinski definition) is 3. The van der Waals surface area contributed by atoms with Gasteiger partial charge in [-0.05, 0) is 36.2 Å². The number of hydrogen-bond donors (Lipinski definition) is 1. The molecule has 3 nitrogen and oxygen atoms in total. The van der Waals surface area contributed by atoms with Crippen LogP contribution in [0.5, 0.6) is 5.75 Å².